The topological polar surface area (TPSA) is 50.9 Å². The largest absolute Gasteiger partial charge is 0.365 e. The van der Waals surface area contributed by atoms with E-state index >= 15 is 0 Å². The number of aromatic nitrogens is 1. The Bertz CT molecular complexity index is 312. The van der Waals surface area contributed by atoms with Crippen molar-refractivity contribution >= 4 is 21.7 Å². The van der Waals surface area contributed by atoms with E-state index < -0.39 is 0 Å². The normalized spacial score (nSPS) is 14.9. The number of halogens is 1. The van der Waals surface area contributed by atoms with Crippen LogP contribution in [0.3, 0.4) is 0 Å². The van der Waals surface area contributed by atoms with Crippen LogP contribution in [-0.2, 0) is 0 Å². The summed E-state index contributed by atoms with van der Waals surface area (Å²) in [5, 5.41) is 3.25. The van der Waals surface area contributed by atoms with Gasteiger partial charge in [-0.3, -0.25) is 0 Å². The Hall–Kier alpha value is -0.610. The minimum atomic E-state index is 0.102. The molecule has 0 radical (unpaired) electrons. The van der Waals surface area contributed by atoms with Gasteiger partial charge in [-0.05, 0) is 48.3 Å². The SMILES string of the molecule is Cc1cnc(NC(C)C(C)N)c(Br)c1. The maximum Gasteiger partial charge on any atom is 0.140 e. The van der Waals surface area contributed by atoms with Crippen molar-refractivity contribution in [1.82, 2.24) is 4.98 Å². The van der Waals surface area contributed by atoms with E-state index in [4.69, 9.17) is 5.73 Å². The lowest BCUT2D eigenvalue weighted by Crippen LogP contribution is -2.35. The summed E-state index contributed by atoms with van der Waals surface area (Å²) in [4.78, 5) is 4.29. The van der Waals surface area contributed by atoms with Crippen LogP contribution < -0.4 is 11.1 Å². The van der Waals surface area contributed by atoms with Crippen molar-refractivity contribution in [2.45, 2.75) is 32.9 Å². The molecule has 0 spiro atoms. The number of hydrogen-bond donors (Lipinski definition) is 2. The summed E-state index contributed by atoms with van der Waals surface area (Å²) in [5.41, 5.74) is 6.89. The fourth-order valence-electron chi connectivity index (χ4n) is 0.987. The first-order valence-electron chi connectivity index (χ1n) is 4.65. The molecular formula is C10H16BrN3. The fraction of sp³-hybridized carbons (Fsp3) is 0.500. The predicted octanol–water partition coefficient (Wildman–Crippen LogP) is 2.30. The molecule has 0 aliphatic rings. The summed E-state index contributed by atoms with van der Waals surface area (Å²) in [5.74, 6) is 0.848. The number of aryl methyl sites for hydroxylation is 1. The Labute approximate surface area is 93.2 Å². The average molecular weight is 258 g/mol. The first kappa shape index (κ1) is 11.5. The van der Waals surface area contributed by atoms with Gasteiger partial charge in [-0.25, -0.2) is 4.98 Å². The number of pyridine rings is 1. The summed E-state index contributed by atoms with van der Waals surface area (Å²) in [7, 11) is 0. The van der Waals surface area contributed by atoms with Gasteiger partial charge in [-0.2, -0.15) is 0 Å². The lowest BCUT2D eigenvalue weighted by Gasteiger charge is -2.18. The first-order valence-corrected chi connectivity index (χ1v) is 5.44. The maximum atomic E-state index is 5.76. The Morgan fingerprint density at radius 2 is 2.14 bits per heavy atom. The van der Waals surface area contributed by atoms with Gasteiger partial charge in [0.15, 0.2) is 0 Å². The third kappa shape index (κ3) is 2.96. The molecule has 0 aliphatic carbocycles. The van der Waals surface area contributed by atoms with E-state index in [9.17, 15) is 0 Å². The summed E-state index contributed by atoms with van der Waals surface area (Å²) in [6.45, 7) is 6.02. The number of anilines is 1. The van der Waals surface area contributed by atoms with Gasteiger partial charge in [0.2, 0.25) is 0 Å². The third-order valence-electron chi connectivity index (χ3n) is 2.13. The highest BCUT2D eigenvalue weighted by Crippen LogP contribution is 2.21. The van der Waals surface area contributed by atoms with Crippen LogP contribution in [0.4, 0.5) is 5.82 Å². The molecule has 14 heavy (non-hydrogen) atoms. The molecule has 3 nitrogen and oxygen atoms in total. The molecule has 0 amide bonds. The molecular weight excluding hydrogens is 242 g/mol. The molecule has 2 atom stereocenters. The molecule has 1 aromatic heterocycles. The quantitative estimate of drug-likeness (QED) is 0.874. The van der Waals surface area contributed by atoms with E-state index in [0.717, 1.165) is 15.9 Å². The fourth-order valence-corrected chi connectivity index (χ4v) is 1.56. The van der Waals surface area contributed by atoms with Gasteiger partial charge >= 0.3 is 0 Å². The molecule has 1 aromatic rings. The number of rotatable bonds is 3. The van der Waals surface area contributed by atoms with Crippen molar-refractivity contribution in [2.24, 2.45) is 5.73 Å². The summed E-state index contributed by atoms with van der Waals surface area (Å²) in [6, 6.07) is 2.34. The van der Waals surface area contributed by atoms with Crippen molar-refractivity contribution in [1.29, 1.82) is 0 Å². The number of hydrogen-bond acceptors (Lipinski definition) is 3. The van der Waals surface area contributed by atoms with Gasteiger partial charge in [0.25, 0.3) is 0 Å². The van der Waals surface area contributed by atoms with E-state index in [0.29, 0.717) is 0 Å². The molecule has 4 heteroatoms. The molecule has 1 heterocycles. The van der Waals surface area contributed by atoms with Crippen LogP contribution in [0.1, 0.15) is 19.4 Å². The van der Waals surface area contributed by atoms with Crippen molar-refractivity contribution in [3.8, 4) is 0 Å². The number of nitrogens with one attached hydrogen (secondary N) is 1. The molecule has 3 N–H and O–H groups in total. The Kier molecular flexibility index (Phi) is 3.89. The van der Waals surface area contributed by atoms with Gasteiger partial charge in [-0.1, -0.05) is 0 Å². The van der Waals surface area contributed by atoms with Crippen molar-refractivity contribution < 1.29 is 0 Å². The Morgan fingerprint density at radius 3 is 2.64 bits per heavy atom. The molecule has 0 saturated carbocycles. The lowest BCUT2D eigenvalue weighted by atomic mass is 10.2. The lowest BCUT2D eigenvalue weighted by molar-refractivity contribution is 0.636. The van der Waals surface area contributed by atoms with E-state index in [1.807, 2.05) is 33.0 Å². The van der Waals surface area contributed by atoms with E-state index in [2.05, 4.69) is 26.2 Å². The summed E-state index contributed by atoms with van der Waals surface area (Å²) >= 11 is 3.46. The van der Waals surface area contributed by atoms with Crippen LogP contribution in [0.2, 0.25) is 0 Å². The molecule has 0 bridgehead atoms. The maximum absolute atomic E-state index is 5.76. The second-order valence-electron chi connectivity index (χ2n) is 3.64. The molecule has 0 aromatic carbocycles. The highest BCUT2D eigenvalue weighted by atomic mass is 79.9. The smallest absolute Gasteiger partial charge is 0.140 e. The molecule has 2 unspecified atom stereocenters. The van der Waals surface area contributed by atoms with Crippen molar-refractivity contribution in [3.05, 3.63) is 22.3 Å². The third-order valence-corrected chi connectivity index (χ3v) is 2.74. The van der Waals surface area contributed by atoms with Crippen LogP contribution in [-0.4, -0.2) is 17.1 Å². The van der Waals surface area contributed by atoms with Gasteiger partial charge in [-0.15, -0.1) is 0 Å². The Balaban J connectivity index is 2.77. The van der Waals surface area contributed by atoms with Crippen LogP contribution in [0.5, 0.6) is 0 Å². The second-order valence-corrected chi connectivity index (χ2v) is 4.49. The molecule has 0 saturated heterocycles. The standard InChI is InChI=1S/C10H16BrN3/c1-6-4-9(11)10(13-5-6)14-8(3)7(2)12/h4-5,7-8H,12H2,1-3H3,(H,13,14). The number of nitrogens with zero attached hydrogens (tertiary/aromatic N) is 1. The zero-order valence-corrected chi connectivity index (χ0v) is 10.3. The predicted molar refractivity (Wildman–Crippen MR) is 63.4 cm³/mol. The monoisotopic (exact) mass is 257 g/mol. The van der Waals surface area contributed by atoms with Gasteiger partial charge in [0.1, 0.15) is 5.82 Å². The molecule has 1 rings (SSSR count). The van der Waals surface area contributed by atoms with Crippen molar-refractivity contribution in [2.75, 3.05) is 5.32 Å². The molecule has 0 fully saturated rings. The summed E-state index contributed by atoms with van der Waals surface area (Å²) < 4.78 is 0.977. The highest BCUT2D eigenvalue weighted by molar-refractivity contribution is 9.10. The zero-order chi connectivity index (χ0) is 10.7. The Morgan fingerprint density at radius 1 is 1.50 bits per heavy atom. The van der Waals surface area contributed by atoms with Crippen LogP contribution in [0.15, 0.2) is 16.7 Å². The minimum absolute atomic E-state index is 0.102. The van der Waals surface area contributed by atoms with Gasteiger partial charge in [0, 0.05) is 18.3 Å². The zero-order valence-electron chi connectivity index (χ0n) is 8.71. The van der Waals surface area contributed by atoms with Crippen molar-refractivity contribution in [3.63, 3.8) is 0 Å². The van der Waals surface area contributed by atoms with E-state index in [1.165, 1.54) is 0 Å². The van der Waals surface area contributed by atoms with E-state index in [1.54, 1.807) is 0 Å². The summed E-state index contributed by atoms with van der Waals surface area (Å²) in [6.07, 6.45) is 1.83. The van der Waals surface area contributed by atoms with Crippen LogP contribution >= 0.6 is 15.9 Å². The van der Waals surface area contributed by atoms with Gasteiger partial charge in [0.05, 0.1) is 4.47 Å². The van der Waals surface area contributed by atoms with Gasteiger partial charge < -0.3 is 11.1 Å². The van der Waals surface area contributed by atoms with E-state index in [-0.39, 0.29) is 12.1 Å². The second kappa shape index (κ2) is 4.75. The highest BCUT2D eigenvalue weighted by Gasteiger charge is 2.09. The van der Waals surface area contributed by atoms with Crippen LogP contribution in [0, 0.1) is 6.92 Å². The molecule has 78 valence electrons. The average Bonchev–Trinajstić information content (AvgIpc) is 2.09. The van der Waals surface area contributed by atoms with Crippen LogP contribution in [0.25, 0.3) is 0 Å². The minimum Gasteiger partial charge on any atom is -0.365 e. The number of nitrogens with two attached hydrogens (primary N) is 1. The first-order chi connectivity index (χ1) is 6.50. The molecule has 0 aliphatic heterocycles.